The zero-order chi connectivity index (χ0) is 14.1. The van der Waals surface area contributed by atoms with Gasteiger partial charge in [-0.3, -0.25) is 4.40 Å². The SMILES string of the molecule is c1cn2c(C3CCCCO3)nnc2cc1N1CCNCC1. The Hall–Kier alpha value is -1.66. The summed E-state index contributed by atoms with van der Waals surface area (Å²) in [5.41, 5.74) is 2.14. The average molecular weight is 287 g/mol. The third-order valence-corrected chi connectivity index (χ3v) is 4.37. The molecule has 6 heteroatoms. The van der Waals surface area contributed by atoms with Gasteiger partial charge in [0.1, 0.15) is 6.10 Å². The number of fused-ring (bicyclic) bond motifs is 1. The van der Waals surface area contributed by atoms with Crippen LogP contribution < -0.4 is 10.2 Å². The van der Waals surface area contributed by atoms with Crippen molar-refractivity contribution >= 4 is 11.3 Å². The maximum absolute atomic E-state index is 5.83. The first kappa shape index (κ1) is 13.0. The number of rotatable bonds is 2. The third kappa shape index (κ3) is 2.49. The molecular weight excluding hydrogens is 266 g/mol. The van der Waals surface area contributed by atoms with Crippen LogP contribution in [-0.2, 0) is 4.74 Å². The summed E-state index contributed by atoms with van der Waals surface area (Å²) in [7, 11) is 0. The molecule has 2 saturated heterocycles. The van der Waals surface area contributed by atoms with E-state index in [0.29, 0.717) is 0 Å². The van der Waals surface area contributed by atoms with Crippen molar-refractivity contribution in [1.29, 1.82) is 0 Å². The molecular formula is C15H21N5O. The highest BCUT2D eigenvalue weighted by molar-refractivity contribution is 5.56. The Kier molecular flexibility index (Phi) is 3.48. The van der Waals surface area contributed by atoms with E-state index in [2.05, 4.69) is 43.1 Å². The first-order chi connectivity index (χ1) is 10.4. The number of nitrogens with one attached hydrogen (secondary N) is 1. The molecule has 0 spiro atoms. The second-order valence-electron chi connectivity index (χ2n) is 5.76. The normalized spacial score (nSPS) is 23.6. The zero-order valence-corrected chi connectivity index (χ0v) is 12.2. The summed E-state index contributed by atoms with van der Waals surface area (Å²) in [5.74, 6) is 0.941. The van der Waals surface area contributed by atoms with Crippen molar-refractivity contribution in [3.63, 3.8) is 0 Å². The van der Waals surface area contributed by atoms with Crippen LogP contribution in [0.4, 0.5) is 5.69 Å². The quantitative estimate of drug-likeness (QED) is 0.904. The smallest absolute Gasteiger partial charge is 0.166 e. The molecule has 0 bridgehead atoms. The number of piperazine rings is 1. The summed E-state index contributed by atoms with van der Waals surface area (Å²) >= 11 is 0. The third-order valence-electron chi connectivity index (χ3n) is 4.37. The molecule has 0 saturated carbocycles. The lowest BCUT2D eigenvalue weighted by Gasteiger charge is -2.29. The van der Waals surface area contributed by atoms with Crippen molar-refractivity contribution in [2.24, 2.45) is 0 Å². The molecule has 1 atom stereocenters. The number of hydrogen-bond donors (Lipinski definition) is 1. The number of aromatic nitrogens is 3. The minimum Gasteiger partial charge on any atom is -0.370 e. The van der Waals surface area contributed by atoms with Gasteiger partial charge < -0.3 is 15.0 Å². The largest absolute Gasteiger partial charge is 0.370 e. The van der Waals surface area contributed by atoms with Crippen LogP contribution in [-0.4, -0.2) is 47.4 Å². The second kappa shape index (κ2) is 5.61. The zero-order valence-electron chi connectivity index (χ0n) is 12.2. The Morgan fingerprint density at radius 2 is 2.10 bits per heavy atom. The fraction of sp³-hybridized carbons (Fsp3) is 0.600. The van der Waals surface area contributed by atoms with Gasteiger partial charge in [0, 0.05) is 50.7 Å². The predicted octanol–water partition coefficient (Wildman–Crippen LogP) is 1.38. The molecule has 1 unspecified atom stereocenters. The van der Waals surface area contributed by atoms with Crippen LogP contribution in [0.25, 0.3) is 5.65 Å². The minimum atomic E-state index is 0.0961. The minimum absolute atomic E-state index is 0.0961. The molecule has 21 heavy (non-hydrogen) atoms. The van der Waals surface area contributed by atoms with E-state index < -0.39 is 0 Å². The first-order valence-corrected chi connectivity index (χ1v) is 7.84. The number of pyridine rings is 1. The monoisotopic (exact) mass is 287 g/mol. The summed E-state index contributed by atoms with van der Waals surface area (Å²) in [6.45, 7) is 5.00. The Morgan fingerprint density at radius 1 is 1.19 bits per heavy atom. The molecule has 112 valence electrons. The van der Waals surface area contributed by atoms with E-state index in [0.717, 1.165) is 57.1 Å². The van der Waals surface area contributed by atoms with Crippen LogP contribution in [0.1, 0.15) is 31.2 Å². The highest BCUT2D eigenvalue weighted by Crippen LogP contribution is 2.27. The summed E-state index contributed by atoms with van der Waals surface area (Å²) in [6, 6.07) is 4.29. The summed E-state index contributed by atoms with van der Waals surface area (Å²) in [5, 5.41) is 12.1. The van der Waals surface area contributed by atoms with Crippen LogP contribution in [0.15, 0.2) is 18.3 Å². The molecule has 6 nitrogen and oxygen atoms in total. The Morgan fingerprint density at radius 3 is 2.90 bits per heavy atom. The maximum Gasteiger partial charge on any atom is 0.166 e. The van der Waals surface area contributed by atoms with Gasteiger partial charge in [0.2, 0.25) is 0 Å². The first-order valence-electron chi connectivity index (χ1n) is 7.84. The van der Waals surface area contributed by atoms with Gasteiger partial charge in [-0.2, -0.15) is 0 Å². The van der Waals surface area contributed by atoms with Gasteiger partial charge in [0.25, 0.3) is 0 Å². The Balaban J connectivity index is 1.63. The van der Waals surface area contributed by atoms with E-state index >= 15 is 0 Å². The maximum atomic E-state index is 5.83. The summed E-state index contributed by atoms with van der Waals surface area (Å²) in [6.07, 6.45) is 5.58. The van der Waals surface area contributed by atoms with Crippen LogP contribution in [0.5, 0.6) is 0 Å². The molecule has 2 aromatic heterocycles. The summed E-state index contributed by atoms with van der Waals surface area (Å²) in [4.78, 5) is 2.39. The predicted molar refractivity (Wildman–Crippen MR) is 80.6 cm³/mol. The molecule has 0 amide bonds. The van der Waals surface area contributed by atoms with E-state index in [-0.39, 0.29) is 6.10 Å². The molecule has 4 rings (SSSR count). The molecule has 1 N–H and O–H groups in total. The molecule has 4 heterocycles. The molecule has 2 fully saturated rings. The lowest BCUT2D eigenvalue weighted by molar-refractivity contribution is 0.00886. The van der Waals surface area contributed by atoms with Crippen molar-refractivity contribution in [3.8, 4) is 0 Å². The van der Waals surface area contributed by atoms with Crippen molar-refractivity contribution in [3.05, 3.63) is 24.2 Å². The van der Waals surface area contributed by atoms with Crippen LogP contribution in [0.3, 0.4) is 0 Å². The van der Waals surface area contributed by atoms with E-state index in [9.17, 15) is 0 Å². The van der Waals surface area contributed by atoms with Gasteiger partial charge in [-0.1, -0.05) is 0 Å². The van der Waals surface area contributed by atoms with Gasteiger partial charge in [-0.05, 0) is 25.3 Å². The lowest BCUT2D eigenvalue weighted by atomic mass is 10.1. The number of nitrogens with zero attached hydrogens (tertiary/aromatic N) is 4. The van der Waals surface area contributed by atoms with E-state index in [4.69, 9.17) is 4.74 Å². The highest BCUT2D eigenvalue weighted by atomic mass is 16.5. The molecule has 2 aliphatic rings. The fourth-order valence-electron chi connectivity index (χ4n) is 3.18. The number of ether oxygens (including phenoxy) is 1. The van der Waals surface area contributed by atoms with E-state index in [1.165, 1.54) is 12.1 Å². The fourth-order valence-corrected chi connectivity index (χ4v) is 3.18. The van der Waals surface area contributed by atoms with Crippen LogP contribution in [0, 0.1) is 0 Å². The van der Waals surface area contributed by atoms with Crippen molar-refractivity contribution < 1.29 is 4.74 Å². The van der Waals surface area contributed by atoms with E-state index in [1.807, 2.05) is 0 Å². The average Bonchev–Trinajstić information content (AvgIpc) is 2.99. The molecule has 0 radical (unpaired) electrons. The molecule has 0 aliphatic carbocycles. The molecule has 0 aromatic carbocycles. The van der Waals surface area contributed by atoms with Crippen LogP contribution >= 0.6 is 0 Å². The van der Waals surface area contributed by atoms with Gasteiger partial charge in [-0.15, -0.1) is 10.2 Å². The standard InChI is InChI=1S/C15H21N5O/c1-2-10-21-13(3-1)15-18-17-14-11-12(4-7-20(14)15)19-8-5-16-6-9-19/h4,7,11,13,16H,1-3,5-6,8-10H2. The Bertz CT molecular complexity index is 614. The topological polar surface area (TPSA) is 54.7 Å². The highest BCUT2D eigenvalue weighted by Gasteiger charge is 2.22. The van der Waals surface area contributed by atoms with Gasteiger partial charge >= 0.3 is 0 Å². The lowest BCUT2D eigenvalue weighted by Crippen LogP contribution is -2.43. The van der Waals surface area contributed by atoms with Crippen LogP contribution in [0.2, 0.25) is 0 Å². The van der Waals surface area contributed by atoms with Gasteiger partial charge in [-0.25, -0.2) is 0 Å². The van der Waals surface area contributed by atoms with Gasteiger partial charge in [0.15, 0.2) is 11.5 Å². The molecule has 2 aliphatic heterocycles. The van der Waals surface area contributed by atoms with Crippen molar-refractivity contribution in [2.45, 2.75) is 25.4 Å². The Labute approximate surface area is 124 Å². The number of hydrogen-bond acceptors (Lipinski definition) is 5. The summed E-state index contributed by atoms with van der Waals surface area (Å²) < 4.78 is 7.91. The van der Waals surface area contributed by atoms with E-state index in [1.54, 1.807) is 0 Å². The van der Waals surface area contributed by atoms with Gasteiger partial charge in [0.05, 0.1) is 0 Å². The number of anilines is 1. The van der Waals surface area contributed by atoms with Crippen molar-refractivity contribution in [1.82, 2.24) is 19.9 Å². The second-order valence-corrected chi connectivity index (χ2v) is 5.76. The van der Waals surface area contributed by atoms with Crippen molar-refractivity contribution in [2.75, 3.05) is 37.7 Å². The molecule has 2 aromatic rings.